The number of amides is 1. The first-order chi connectivity index (χ1) is 13.2. The fourth-order valence-corrected chi connectivity index (χ4v) is 3.03. The van der Waals surface area contributed by atoms with E-state index in [1.807, 2.05) is 12.1 Å². The van der Waals surface area contributed by atoms with Crippen LogP contribution in [0.2, 0.25) is 0 Å². The summed E-state index contributed by atoms with van der Waals surface area (Å²) in [4.78, 5) is 21.2. The van der Waals surface area contributed by atoms with Crippen LogP contribution < -0.4 is 5.32 Å². The summed E-state index contributed by atoms with van der Waals surface area (Å²) < 4.78 is 7.22. The van der Waals surface area contributed by atoms with Crippen molar-refractivity contribution in [3.05, 3.63) is 72.3 Å². The molecule has 0 bridgehead atoms. The van der Waals surface area contributed by atoms with Crippen LogP contribution in [-0.4, -0.2) is 27.0 Å². The van der Waals surface area contributed by atoms with Crippen molar-refractivity contribution < 1.29 is 9.21 Å². The molecule has 0 aliphatic carbocycles. The lowest BCUT2D eigenvalue weighted by atomic mass is 10.1. The maximum Gasteiger partial charge on any atom is 0.286 e. The van der Waals surface area contributed by atoms with E-state index in [1.165, 1.54) is 11.8 Å². The third-order valence-electron chi connectivity index (χ3n) is 4.40. The first-order valence-electron chi connectivity index (χ1n) is 8.92. The van der Waals surface area contributed by atoms with Gasteiger partial charge in [-0.2, -0.15) is 0 Å². The van der Waals surface area contributed by atoms with Gasteiger partial charge in [-0.05, 0) is 37.6 Å². The van der Waals surface area contributed by atoms with E-state index >= 15 is 0 Å². The van der Waals surface area contributed by atoms with Gasteiger partial charge in [-0.1, -0.05) is 29.8 Å². The monoisotopic (exact) mass is 360 g/mol. The van der Waals surface area contributed by atoms with E-state index in [1.54, 1.807) is 18.3 Å². The number of furan rings is 1. The molecule has 1 amide bonds. The topological polar surface area (TPSA) is 73.0 Å². The Kier molecular flexibility index (Phi) is 4.70. The number of carbonyl (C=O) groups is 1. The molecule has 0 atom stereocenters. The quantitative estimate of drug-likeness (QED) is 0.531. The highest BCUT2D eigenvalue weighted by molar-refractivity contribution is 5.91. The molecular weight excluding hydrogens is 340 g/mol. The molecule has 0 aliphatic rings. The zero-order valence-electron chi connectivity index (χ0n) is 15.1. The molecule has 3 aromatic heterocycles. The molecule has 3 heterocycles. The van der Waals surface area contributed by atoms with Gasteiger partial charge >= 0.3 is 0 Å². The van der Waals surface area contributed by atoms with Crippen molar-refractivity contribution in [2.45, 2.75) is 19.9 Å². The first kappa shape index (κ1) is 17.0. The zero-order valence-corrected chi connectivity index (χ0v) is 15.1. The van der Waals surface area contributed by atoms with Gasteiger partial charge in [0.1, 0.15) is 11.3 Å². The molecule has 6 nitrogen and oxygen atoms in total. The Labute approximate surface area is 156 Å². The van der Waals surface area contributed by atoms with Crippen LogP contribution in [0.15, 0.2) is 65.4 Å². The second-order valence-electron chi connectivity index (χ2n) is 6.39. The number of benzene rings is 1. The maximum absolute atomic E-state index is 12.0. The SMILES string of the molecule is Cc1ccc(-c2nc3cccnc3n2CCCNC(=O)c2ccco2)cc1. The lowest BCUT2D eigenvalue weighted by Gasteiger charge is -2.09. The number of carbonyl (C=O) groups excluding carboxylic acids is 1. The lowest BCUT2D eigenvalue weighted by molar-refractivity contribution is 0.0925. The van der Waals surface area contributed by atoms with Crippen LogP contribution in [-0.2, 0) is 6.54 Å². The summed E-state index contributed by atoms with van der Waals surface area (Å²) >= 11 is 0. The van der Waals surface area contributed by atoms with Crippen LogP contribution in [0.4, 0.5) is 0 Å². The van der Waals surface area contributed by atoms with Gasteiger partial charge in [-0.15, -0.1) is 0 Å². The molecule has 0 aliphatic heterocycles. The Hall–Kier alpha value is -3.41. The number of fused-ring (bicyclic) bond motifs is 1. The summed E-state index contributed by atoms with van der Waals surface area (Å²) in [6.07, 6.45) is 4.03. The number of imidazole rings is 1. The van der Waals surface area contributed by atoms with Crippen molar-refractivity contribution in [2.24, 2.45) is 0 Å². The van der Waals surface area contributed by atoms with Crippen molar-refractivity contribution in [3.8, 4) is 11.4 Å². The number of nitrogens with zero attached hydrogens (tertiary/aromatic N) is 3. The van der Waals surface area contributed by atoms with Crippen molar-refractivity contribution in [2.75, 3.05) is 6.54 Å². The van der Waals surface area contributed by atoms with Gasteiger partial charge in [0.05, 0.1) is 6.26 Å². The number of nitrogens with one attached hydrogen (secondary N) is 1. The van der Waals surface area contributed by atoms with Gasteiger partial charge < -0.3 is 14.3 Å². The Balaban J connectivity index is 1.52. The van der Waals surface area contributed by atoms with E-state index in [2.05, 4.69) is 46.1 Å². The predicted octanol–water partition coefficient (Wildman–Crippen LogP) is 3.82. The molecule has 4 rings (SSSR count). The van der Waals surface area contributed by atoms with Crippen molar-refractivity contribution in [3.63, 3.8) is 0 Å². The normalized spacial score (nSPS) is 11.0. The Bertz CT molecular complexity index is 1050. The highest BCUT2D eigenvalue weighted by Crippen LogP contribution is 2.24. The van der Waals surface area contributed by atoms with Gasteiger partial charge in [0.25, 0.3) is 5.91 Å². The smallest absolute Gasteiger partial charge is 0.286 e. The Morgan fingerprint density at radius 2 is 2.00 bits per heavy atom. The van der Waals surface area contributed by atoms with E-state index in [9.17, 15) is 4.79 Å². The van der Waals surface area contributed by atoms with Crippen molar-refractivity contribution >= 4 is 17.1 Å². The molecule has 136 valence electrons. The molecule has 0 spiro atoms. The highest BCUT2D eigenvalue weighted by Gasteiger charge is 2.13. The summed E-state index contributed by atoms with van der Waals surface area (Å²) in [6.45, 7) is 3.31. The van der Waals surface area contributed by atoms with E-state index in [0.717, 1.165) is 29.0 Å². The van der Waals surface area contributed by atoms with Gasteiger partial charge in [0, 0.05) is 24.8 Å². The van der Waals surface area contributed by atoms with Crippen molar-refractivity contribution in [1.29, 1.82) is 0 Å². The molecule has 0 unspecified atom stereocenters. The fraction of sp³-hybridized carbons (Fsp3) is 0.190. The van der Waals surface area contributed by atoms with Crippen LogP contribution in [0.1, 0.15) is 22.5 Å². The van der Waals surface area contributed by atoms with Gasteiger partial charge in [-0.3, -0.25) is 4.79 Å². The number of hydrogen-bond donors (Lipinski definition) is 1. The average Bonchev–Trinajstić information content (AvgIpc) is 3.34. The Morgan fingerprint density at radius 1 is 1.15 bits per heavy atom. The van der Waals surface area contributed by atoms with Crippen LogP contribution in [0.3, 0.4) is 0 Å². The highest BCUT2D eigenvalue weighted by atomic mass is 16.3. The molecule has 0 radical (unpaired) electrons. The van der Waals surface area contributed by atoms with Gasteiger partial charge in [0.2, 0.25) is 0 Å². The summed E-state index contributed by atoms with van der Waals surface area (Å²) in [5.74, 6) is 1.01. The lowest BCUT2D eigenvalue weighted by Crippen LogP contribution is -2.24. The minimum atomic E-state index is -0.202. The number of aryl methyl sites for hydroxylation is 2. The Morgan fingerprint density at radius 3 is 2.78 bits per heavy atom. The molecule has 1 N–H and O–H groups in total. The van der Waals surface area contributed by atoms with Crippen LogP contribution in [0, 0.1) is 6.92 Å². The fourth-order valence-electron chi connectivity index (χ4n) is 3.03. The number of hydrogen-bond acceptors (Lipinski definition) is 4. The molecule has 1 aromatic carbocycles. The molecule has 4 aromatic rings. The molecule has 6 heteroatoms. The number of pyridine rings is 1. The average molecular weight is 360 g/mol. The third kappa shape index (κ3) is 3.60. The number of rotatable bonds is 6. The summed E-state index contributed by atoms with van der Waals surface area (Å²) in [6, 6.07) is 15.5. The summed E-state index contributed by atoms with van der Waals surface area (Å²) in [5, 5.41) is 2.88. The maximum atomic E-state index is 12.0. The molecule has 27 heavy (non-hydrogen) atoms. The van der Waals surface area contributed by atoms with E-state index in [-0.39, 0.29) is 5.91 Å². The van der Waals surface area contributed by atoms with Gasteiger partial charge in [-0.25, -0.2) is 9.97 Å². The predicted molar refractivity (Wildman–Crippen MR) is 103 cm³/mol. The molecule has 0 saturated heterocycles. The van der Waals surface area contributed by atoms with Crippen LogP contribution in [0.5, 0.6) is 0 Å². The minimum Gasteiger partial charge on any atom is -0.459 e. The van der Waals surface area contributed by atoms with Gasteiger partial charge in [0.15, 0.2) is 11.4 Å². The third-order valence-corrected chi connectivity index (χ3v) is 4.40. The first-order valence-corrected chi connectivity index (χ1v) is 8.92. The molecule has 0 saturated carbocycles. The zero-order chi connectivity index (χ0) is 18.6. The van der Waals surface area contributed by atoms with E-state index in [4.69, 9.17) is 9.40 Å². The van der Waals surface area contributed by atoms with Crippen molar-refractivity contribution in [1.82, 2.24) is 19.9 Å². The summed E-state index contributed by atoms with van der Waals surface area (Å²) in [5.41, 5.74) is 3.98. The second-order valence-corrected chi connectivity index (χ2v) is 6.39. The van der Waals surface area contributed by atoms with E-state index < -0.39 is 0 Å². The minimum absolute atomic E-state index is 0.202. The standard InChI is InChI=1S/C21H20N4O2/c1-15-7-9-16(10-8-15)19-24-17-5-2-11-22-20(17)25(19)13-4-12-23-21(26)18-6-3-14-27-18/h2-3,5-11,14H,4,12-13H2,1H3,(H,23,26). The number of aromatic nitrogens is 3. The van der Waals surface area contributed by atoms with Crippen LogP contribution >= 0.6 is 0 Å². The van der Waals surface area contributed by atoms with E-state index in [0.29, 0.717) is 18.8 Å². The van der Waals surface area contributed by atoms with Crippen LogP contribution in [0.25, 0.3) is 22.6 Å². The molecule has 0 fully saturated rings. The molecular formula is C21H20N4O2. The second kappa shape index (κ2) is 7.45. The largest absolute Gasteiger partial charge is 0.459 e. The summed E-state index contributed by atoms with van der Waals surface area (Å²) in [7, 11) is 0.